The van der Waals surface area contributed by atoms with E-state index in [9.17, 15) is 9.59 Å². The number of nitrogens with one attached hydrogen (secondary N) is 2. The molecule has 0 saturated heterocycles. The van der Waals surface area contributed by atoms with Crippen molar-refractivity contribution in [1.82, 2.24) is 28.7 Å². The monoisotopic (exact) mass is 968 g/mol. The number of Topliss-reactive ketones (excluding diaryl/α,β-unsaturated/α-hetero) is 1. The van der Waals surface area contributed by atoms with Crippen LogP contribution in [0, 0.1) is 0 Å². The molecule has 336 valence electrons. The molecule has 9 rings (SSSR count). The van der Waals surface area contributed by atoms with Gasteiger partial charge in [-0.05, 0) is 48.5 Å². The van der Waals surface area contributed by atoms with E-state index >= 15 is 0 Å². The number of aromatic nitrogens is 6. The highest BCUT2D eigenvalue weighted by Gasteiger charge is 2.30. The van der Waals surface area contributed by atoms with Gasteiger partial charge in [-0.1, -0.05) is 58.5 Å². The topological polar surface area (TPSA) is 203 Å². The molecule has 0 spiro atoms. The fraction of sp³-hybridized carbons (Fsp3) is 0.133. The average Bonchev–Trinajstić information content (AvgIpc) is 4.05. The second-order valence-electron chi connectivity index (χ2n) is 13.9. The number of imidazole rings is 2. The van der Waals surface area contributed by atoms with Crippen LogP contribution in [-0.2, 0) is 9.53 Å². The van der Waals surface area contributed by atoms with Crippen molar-refractivity contribution in [3.63, 3.8) is 0 Å². The Morgan fingerprint density at radius 2 is 1.18 bits per heavy atom. The van der Waals surface area contributed by atoms with E-state index in [1.807, 2.05) is 0 Å². The number of carbonyl (C=O) groups is 2. The van der Waals surface area contributed by atoms with Crippen molar-refractivity contribution in [3.8, 4) is 45.5 Å². The van der Waals surface area contributed by atoms with Crippen LogP contribution < -0.4 is 35.3 Å². The molecular formula is C45H36Cl4N10O7. The maximum atomic E-state index is 12.8. The van der Waals surface area contributed by atoms with Gasteiger partial charge in [0.2, 0.25) is 17.5 Å². The fourth-order valence-electron chi connectivity index (χ4n) is 7.01. The van der Waals surface area contributed by atoms with E-state index in [0.717, 1.165) is 0 Å². The Labute approximate surface area is 396 Å². The second-order valence-corrected chi connectivity index (χ2v) is 15.5. The van der Waals surface area contributed by atoms with Crippen LogP contribution in [-0.4, -0.2) is 87.9 Å². The molecule has 0 atom stereocenters. The Bertz CT molecular complexity index is 3170. The van der Waals surface area contributed by atoms with E-state index in [1.54, 1.807) is 106 Å². The number of cyclic esters (lactones) is 1. The predicted molar refractivity (Wildman–Crippen MR) is 253 cm³/mol. The summed E-state index contributed by atoms with van der Waals surface area (Å²) in [6.07, 6.45) is 6.84. The minimum atomic E-state index is -0.458. The number of fused-ring (bicyclic) bond motifs is 2. The Morgan fingerprint density at radius 3 is 1.64 bits per heavy atom. The van der Waals surface area contributed by atoms with E-state index in [4.69, 9.17) is 80.8 Å². The lowest BCUT2D eigenvalue weighted by Gasteiger charge is -2.17. The second kappa shape index (κ2) is 19.5. The lowest BCUT2D eigenvalue weighted by molar-refractivity contribution is -0.132. The maximum absolute atomic E-state index is 12.8. The SMILES string of the molecule is COc1cc(OC)c(-c2nc3ncccn3c2Nc2c(Cl)cccc2Cl)c(C(=O)CN)c1.COc1cc(OC)c(-c2nc3ncccn3c2Nc2c(Cl)cccc2Cl)c(C2=NCC(=O)O2)c1. The van der Waals surface area contributed by atoms with Crippen molar-refractivity contribution >= 4 is 98.6 Å². The number of hydrogen-bond donors (Lipinski definition) is 3. The number of esters is 1. The number of rotatable bonds is 13. The number of halogens is 4. The van der Waals surface area contributed by atoms with Gasteiger partial charge in [0.05, 0.1) is 83.1 Å². The maximum Gasteiger partial charge on any atom is 0.334 e. The summed E-state index contributed by atoms with van der Waals surface area (Å²) in [7, 11) is 6.06. The predicted octanol–water partition coefficient (Wildman–Crippen LogP) is 9.37. The van der Waals surface area contributed by atoms with Crippen LogP contribution in [0.25, 0.3) is 34.1 Å². The van der Waals surface area contributed by atoms with Gasteiger partial charge in [0, 0.05) is 42.5 Å². The summed E-state index contributed by atoms with van der Waals surface area (Å²) >= 11 is 25.7. The van der Waals surface area contributed by atoms with E-state index in [2.05, 4.69) is 30.6 Å². The van der Waals surface area contributed by atoms with Gasteiger partial charge in [-0.25, -0.2) is 29.7 Å². The van der Waals surface area contributed by atoms with Crippen molar-refractivity contribution in [2.24, 2.45) is 10.7 Å². The molecule has 4 aromatic heterocycles. The third-order valence-corrected chi connectivity index (χ3v) is 11.3. The minimum absolute atomic E-state index is 0.0820. The molecule has 1 aliphatic heterocycles. The molecule has 5 heterocycles. The van der Waals surface area contributed by atoms with Crippen LogP contribution >= 0.6 is 46.4 Å². The molecule has 0 fully saturated rings. The summed E-state index contributed by atoms with van der Waals surface area (Å²) in [5.41, 5.74) is 9.28. The van der Waals surface area contributed by atoms with Crippen LogP contribution in [0.3, 0.4) is 0 Å². The van der Waals surface area contributed by atoms with E-state index in [-0.39, 0.29) is 24.8 Å². The first-order valence-electron chi connectivity index (χ1n) is 19.6. The zero-order valence-corrected chi connectivity index (χ0v) is 38.3. The Morgan fingerprint density at radius 1 is 0.697 bits per heavy atom. The van der Waals surface area contributed by atoms with Crippen LogP contribution in [0.2, 0.25) is 20.1 Å². The summed E-state index contributed by atoms with van der Waals surface area (Å²) in [5, 5.41) is 8.25. The number of methoxy groups -OCH3 is 4. The lowest BCUT2D eigenvalue weighted by atomic mass is 9.98. The summed E-state index contributed by atoms with van der Waals surface area (Å²) in [4.78, 5) is 47.0. The number of ether oxygens (including phenoxy) is 5. The van der Waals surface area contributed by atoms with E-state index in [1.165, 1.54) is 28.4 Å². The van der Waals surface area contributed by atoms with Gasteiger partial charge in [0.15, 0.2) is 5.78 Å². The summed E-state index contributed by atoms with van der Waals surface area (Å²) < 4.78 is 30.9. The highest BCUT2D eigenvalue weighted by Crippen LogP contribution is 2.45. The molecule has 17 nitrogen and oxygen atoms in total. The third kappa shape index (κ3) is 8.81. The molecule has 4 N–H and O–H groups in total. The zero-order valence-electron chi connectivity index (χ0n) is 35.2. The van der Waals surface area contributed by atoms with Crippen LogP contribution in [0.4, 0.5) is 23.0 Å². The normalized spacial score (nSPS) is 12.0. The van der Waals surface area contributed by atoms with Crippen LogP contribution in [0.1, 0.15) is 15.9 Å². The lowest BCUT2D eigenvalue weighted by Crippen LogP contribution is -2.15. The number of carbonyl (C=O) groups excluding carboxylic acids is 2. The van der Waals surface area contributed by atoms with Gasteiger partial charge in [0.1, 0.15) is 52.6 Å². The number of hydrogen-bond acceptors (Lipinski definition) is 15. The number of nitrogens with zero attached hydrogens (tertiary/aromatic N) is 7. The van der Waals surface area contributed by atoms with Gasteiger partial charge in [-0.2, -0.15) is 0 Å². The molecule has 21 heteroatoms. The van der Waals surface area contributed by atoms with E-state index < -0.39 is 5.97 Å². The minimum Gasteiger partial charge on any atom is -0.497 e. The van der Waals surface area contributed by atoms with Gasteiger partial charge in [-0.15, -0.1) is 0 Å². The van der Waals surface area contributed by atoms with Gasteiger partial charge >= 0.3 is 5.97 Å². The Kier molecular flexibility index (Phi) is 13.4. The number of nitrogens with two attached hydrogens (primary N) is 1. The zero-order chi connectivity index (χ0) is 46.6. The smallest absolute Gasteiger partial charge is 0.334 e. The molecule has 0 aliphatic carbocycles. The summed E-state index contributed by atoms with van der Waals surface area (Å²) in [5.74, 6) is 2.97. The quantitative estimate of drug-likeness (QED) is 0.0728. The van der Waals surface area contributed by atoms with Gasteiger partial charge in [-0.3, -0.25) is 13.6 Å². The molecule has 0 amide bonds. The molecule has 0 bridgehead atoms. The number of anilines is 4. The molecule has 8 aromatic rings. The van der Waals surface area contributed by atoms with Gasteiger partial charge < -0.3 is 40.1 Å². The van der Waals surface area contributed by atoms with Crippen molar-refractivity contribution in [2.75, 3.05) is 52.2 Å². The molecule has 1 aliphatic rings. The molecule has 0 unspecified atom stereocenters. The highest BCUT2D eigenvalue weighted by molar-refractivity contribution is 6.40. The summed E-state index contributed by atoms with van der Waals surface area (Å²) in [6.45, 7) is -0.282. The van der Waals surface area contributed by atoms with Crippen molar-refractivity contribution in [2.45, 2.75) is 0 Å². The number of ketones is 1. The molecule has 0 radical (unpaired) electrons. The summed E-state index contributed by atoms with van der Waals surface area (Å²) in [6, 6.07) is 20.6. The Balaban J connectivity index is 0.000000180. The highest BCUT2D eigenvalue weighted by atomic mass is 35.5. The van der Waals surface area contributed by atoms with Gasteiger partial charge in [0.25, 0.3) is 0 Å². The van der Waals surface area contributed by atoms with Crippen LogP contribution in [0.5, 0.6) is 23.0 Å². The molecule has 66 heavy (non-hydrogen) atoms. The standard InChI is InChI=1S/C23H17Cl2N5O4.C22H19Cl2N5O3/c1-32-12-9-13(22-27-11-17(31)34-22)18(16(10-12)33-2)20-21(30-8-4-7-26-23(30)29-20)28-19-14(24)5-3-6-15(19)25;1-31-12-9-13(16(30)11-25)18(17(10-12)32-2)20-21(29-8-4-7-26-22(29)28-20)27-19-14(23)5-3-6-15(19)24/h3-10,28H,11H2,1-2H3;3-10,27H,11,25H2,1-2H3. The number of benzene rings is 4. The largest absolute Gasteiger partial charge is 0.497 e. The Hall–Kier alpha value is -7.15. The first-order chi connectivity index (χ1) is 32.0. The van der Waals surface area contributed by atoms with Crippen molar-refractivity contribution in [1.29, 1.82) is 0 Å². The van der Waals surface area contributed by atoms with Crippen LogP contribution in [0.15, 0.2) is 103 Å². The first-order valence-corrected chi connectivity index (χ1v) is 21.1. The van der Waals surface area contributed by atoms with Crippen molar-refractivity contribution in [3.05, 3.63) is 129 Å². The average molecular weight is 971 g/mol. The van der Waals surface area contributed by atoms with E-state index in [0.29, 0.717) is 111 Å². The molecular weight excluding hydrogens is 934 g/mol. The third-order valence-electron chi connectivity index (χ3n) is 10.0. The number of para-hydroxylation sites is 2. The van der Waals surface area contributed by atoms with Crippen molar-refractivity contribution < 1.29 is 33.3 Å². The first kappa shape index (κ1) is 45.4. The molecule has 0 saturated carbocycles. The fourth-order valence-corrected chi connectivity index (χ4v) is 7.99. The number of aliphatic imine (C=N–C) groups is 1. The molecule has 4 aromatic carbocycles.